The van der Waals surface area contributed by atoms with Crippen molar-refractivity contribution in [2.75, 3.05) is 6.61 Å². The highest BCUT2D eigenvalue weighted by molar-refractivity contribution is 4.88. The maximum absolute atomic E-state index is 8.11. The number of rotatable bonds is 1. The number of aliphatic hydroxyl groups excluding tert-OH is 2. The van der Waals surface area contributed by atoms with Gasteiger partial charge in [0, 0.05) is 18.6 Å². The Morgan fingerprint density at radius 2 is 2.08 bits per heavy atom. The molecular weight excluding hydrogens is 156 g/mol. The number of hydrogen-bond donors (Lipinski definition) is 2. The Balaban J connectivity index is 0.000000217. The van der Waals surface area contributed by atoms with Crippen LogP contribution in [0.25, 0.3) is 0 Å². The van der Waals surface area contributed by atoms with Crippen LogP contribution in [0.1, 0.15) is 12.6 Å². The molecule has 0 aliphatic rings. The maximum atomic E-state index is 8.11. The van der Waals surface area contributed by atoms with E-state index in [2.05, 4.69) is 9.97 Å². The third-order valence-corrected chi connectivity index (χ3v) is 0.956. The third kappa shape index (κ3) is 7.11. The second-order valence-electron chi connectivity index (χ2n) is 2.38. The number of aryl methyl sites for hydroxylation is 1. The summed E-state index contributed by atoms with van der Waals surface area (Å²) < 4.78 is 0. The minimum atomic E-state index is -0.560. The molecule has 0 spiro atoms. The molecule has 68 valence electrons. The molecule has 0 bridgehead atoms. The first-order chi connectivity index (χ1) is 5.66. The summed E-state index contributed by atoms with van der Waals surface area (Å²) in [5.74, 6) is 0. The Kier molecular flexibility index (Phi) is 6.14. The molecule has 1 rings (SSSR count). The molecule has 2 N–H and O–H groups in total. The molecule has 1 aromatic heterocycles. The van der Waals surface area contributed by atoms with Gasteiger partial charge < -0.3 is 10.2 Å². The van der Waals surface area contributed by atoms with Gasteiger partial charge >= 0.3 is 0 Å². The maximum Gasteiger partial charge on any atom is 0.0742 e. The van der Waals surface area contributed by atoms with E-state index in [0.717, 1.165) is 5.69 Å². The molecule has 4 heteroatoms. The lowest BCUT2D eigenvalue weighted by atomic mass is 10.5. The highest BCUT2D eigenvalue weighted by atomic mass is 16.3. The predicted octanol–water partition coefficient (Wildman–Crippen LogP) is 0.145. The highest BCUT2D eigenvalue weighted by Gasteiger charge is 1.83. The van der Waals surface area contributed by atoms with Crippen molar-refractivity contribution < 1.29 is 10.2 Å². The van der Waals surface area contributed by atoms with Gasteiger partial charge in [0.05, 0.1) is 18.4 Å². The summed E-state index contributed by atoms with van der Waals surface area (Å²) in [4.78, 5) is 7.74. The topological polar surface area (TPSA) is 66.2 Å². The van der Waals surface area contributed by atoms with Crippen molar-refractivity contribution in [3.63, 3.8) is 0 Å². The van der Waals surface area contributed by atoms with Crippen molar-refractivity contribution in [1.82, 2.24) is 9.97 Å². The van der Waals surface area contributed by atoms with Crippen molar-refractivity contribution in [2.45, 2.75) is 20.0 Å². The SMILES string of the molecule is CC(O)CO.Cc1cnccn1. The minimum absolute atomic E-state index is 0.139. The summed E-state index contributed by atoms with van der Waals surface area (Å²) >= 11 is 0. The predicted molar refractivity (Wildman–Crippen MR) is 45.5 cm³/mol. The fourth-order valence-electron chi connectivity index (χ4n) is 0.374. The van der Waals surface area contributed by atoms with Gasteiger partial charge in [0.25, 0.3) is 0 Å². The zero-order chi connectivity index (χ0) is 9.40. The van der Waals surface area contributed by atoms with Gasteiger partial charge in [0.2, 0.25) is 0 Å². The third-order valence-electron chi connectivity index (χ3n) is 0.956. The quantitative estimate of drug-likeness (QED) is 0.629. The van der Waals surface area contributed by atoms with Crippen LogP contribution in [0.15, 0.2) is 18.6 Å². The van der Waals surface area contributed by atoms with Gasteiger partial charge in [0.1, 0.15) is 0 Å². The monoisotopic (exact) mass is 170 g/mol. The highest BCUT2D eigenvalue weighted by Crippen LogP contribution is 1.81. The molecule has 0 radical (unpaired) electrons. The molecule has 0 saturated heterocycles. The standard InChI is InChI=1S/C5H6N2.C3H8O2/c1-5-4-6-2-3-7-5;1-3(5)2-4/h2-4H,1H3;3-5H,2H2,1H3. The van der Waals surface area contributed by atoms with Gasteiger partial charge in [-0.25, -0.2) is 0 Å². The van der Waals surface area contributed by atoms with E-state index in [1.165, 1.54) is 6.92 Å². The summed E-state index contributed by atoms with van der Waals surface area (Å²) in [5, 5.41) is 16.0. The van der Waals surface area contributed by atoms with Gasteiger partial charge in [-0.1, -0.05) is 0 Å². The van der Waals surface area contributed by atoms with E-state index in [9.17, 15) is 0 Å². The number of aromatic nitrogens is 2. The molecule has 0 amide bonds. The van der Waals surface area contributed by atoms with Gasteiger partial charge in [-0.2, -0.15) is 0 Å². The van der Waals surface area contributed by atoms with E-state index < -0.39 is 6.10 Å². The Morgan fingerprint density at radius 1 is 1.50 bits per heavy atom. The van der Waals surface area contributed by atoms with Gasteiger partial charge in [-0.3, -0.25) is 9.97 Å². The molecule has 0 aliphatic carbocycles. The normalized spacial score (nSPS) is 11.3. The Hall–Kier alpha value is -1.00. The second-order valence-corrected chi connectivity index (χ2v) is 2.38. The largest absolute Gasteiger partial charge is 0.394 e. The van der Waals surface area contributed by atoms with Crippen LogP contribution in [0.3, 0.4) is 0 Å². The van der Waals surface area contributed by atoms with Crippen molar-refractivity contribution in [1.29, 1.82) is 0 Å². The van der Waals surface area contributed by atoms with Gasteiger partial charge in [-0.15, -0.1) is 0 Å². The second kappa shape index (κ2) is 6.69. The van der Waals surface area contributed by atoms with Crippen LogP contribution < -0.4 is 0 Å². The molecule has 0 saturated carbocycles. The average Bonchev–Trinajstić information content (AvgIpc) is 2.07. The van der Waals surface area contributed by atoms with Gasteiger partial charge in [-0.05, 0) is 13.8 Å². The number of nitrogens with zero attached hydrogens (tertiary/aromatic N) is 2. The number of aliphatic hydroxyl groups is 2. The van der Waals surface area contributed by atoms with Gasteiger partial charge in [0.15, 0.2) is 0 Å². The fraction of sp³-hybridized carbons (Fsp3) is 0.500. The zero-order valence-corrected chi connectivity index (χ0v) is 7.31. The van der Waals surface area contributed by atoms with E-state index in [-0.39, 0.29) is 6.61 Å². The van der Waals surface area contributed by atoms with E-state index >= 15 is 0 Å². The Labute approximate surface area is 71.9 Å². The molecule has 0 aliphatic heterocycles. The summed E-state index contributed by atoms with van der Waals surface area (Å²) in [6, 6.07) is 0. The summed E-state index contributed by atoms with van der Waals surface area (Å²) in [7, 11) is 0. The summed E-state index contributed by atoms with van der Waals surface area (Å²) in [5.41, 5.74) is 0.961. The summed E-state index contributed by atoms with van der Waals surface area (Å²) in [6.45, 7) is 3.30. The minimum Gasteiger partial charge on any atom is -0.394 e. The Morgan fingerprint density at radius 3 is 2.25 bits per heavy atom. The van der Waals surface area contributed by atoms with Crippen LogP contribution in [0.4, 0.5) is 0 Å². The lowest BCUT2D eigenvalue weighted by Gasteiger charge is -1.90. The van der Waals surface area contributed by atoms with Crippen molar-refractivity contribution in [3.05, 3.63) is 24.3 Å². The molecule has 4 nitrogen and oxygen atoms in total. The first kappa shape index (κ1) is 11.0. The van der Waals surface area contributed by atoms with Crippen LogP contribution in [0, 0.1) is 6.92 Å². The molecule has 12 heavy (non-hydrogen) atoms. The molecule has 0 fully saturated rings. The van der Waals surface area contributed by atoms with Crippen LogP contribution in [-0.2, 0) is 0 Å². The van der Waals surface area contributed by atoms with E-state index in [4.69, 9.17) is 10.2 Å². The Bertz CT molecular complexity index is 190. The van der Waals surface area contributed by atoms with Crippen molar-refractivity contribution in [2.24, 2.45) is 0 Å². The summed E-state index contributed by atoms with van der Waals surface area (Å²) in [6.07, 6.45) is 4.50. The molecule has 1 atom stereocenters. The zero-order valence-electron chi connectivity index (χ0n) is 7.31. The van der Waals surface area contributed by atoms with Crippen LogP contribution >= 0.6 is 0 Å². The first-order valence-corrected chi connectivity index (χ1v) is 3.68. The number of hydrogen-bond acceptors (Lipinski definition) is 4. The van der Waals surface area contributed by atoms with Crippen LogP contribution in [-0.4, -0.2) is 32.9 Å². The van der Waals surface area contributed by atoms with Crippen LogP contribution in [0.2, 0.25) is 0 Å². The molecule has 1 aromatic rings. The van der Waals surface area contributed by atoms with E-state index in [1.54, 1.807) is 18.6 Å². The van der Waals surface area contributed by atoms with Crippen molar-refractivity contribution in [3.8, 4) is 0 Å². The lowest BCUT2D eigenvalue weighted by molar-refractivity contribution is 0.110. The molecular formula is C8H14N2O2. The average molecular weight is 170 g/mol. The fourth-order valence-corrected chi connectivity index (χ4v) is 0.374. The van der Waals surface area contributed by atoms with Crippen molar-refractivity contribution >= 4 is 0 Å². The smallest absolute Gasteiger partial charge is 0.0742 e. The molecule has 1 unspecified atom stereocenters. The molecule has 1 heterocycles. The molecule has 0 aromatic carbocycles. The van der Waals surface area contributed by atoms with E-state index in [1.807, 2.05) is 6.92 Å². The van der Waals surface area contributed by atoms with Crippen LogP contribution in [0.5, 0.6) is 0 Å². The lowest BCUT2D eigenvalue weighted by Crippen LogP contribution is -2.03. The first-order valence-electron chi connectivity index (χ1n) is 3.68. The van der Waals surface area contributed by atoms with E-state index in [0.29, 0.717) is 0 Å².